The third kappa shape index (κ3) is 3.08. The van der Waals surface area contributed by atoms with Crippen LogP contribution >= 0.6 is 11.6 Å². The molecule has 1 aromatic rings. The number of piperazine rings is 1. The minimum Gasteiger partial charge on any atom is -0.378 e. The average molecular weight is 284 g/mol. The molecule has 1 N–H and O–H groups in total. The van der Waals surface area contributed by atoms with Gasteiger partial charge in [-0.05, 0) is 0 Å². The zero-order chi connectivity index (χ0) is 13.1. The van der Waals surface area contributed by atoms with E-state index in [1.54, 1.807) is 0 Å². The van der Waals surface area contributed by atoms with Gasteiger partial charge in [0.15, 0.2) is 0 Å². The molecule has 0 aliphatic carbocycles. The lowest BCUT2D eigenvalue weighted by Gasteiger charge is -2.30. The SMILES string of the molecule is Clc1cc(N2CCOCC2)nc(N2CCNCC2)n1. The zero-order valence-electron chi connectivity index (χ0n) is 10.8. The van der Waals surface area contributed by atoms with Crippen LogP contribution in [-0.2, 0) is 4.74 Å². The summed E-state index contributed by atoms with van der Waals surface area (Å²) in [5.74, 6) is 1.63. The zero-order valence-corrected chi connectivity index (χ0v) is 11.6. The quantitative estimate of drug-likeness (QED) is 0.792. The number of aromatic nitrogens is 2. The van der Waals surface area contributed by atoms with Crippen molar-refractivity contribution >= 4 is 23.4 Å². The molecule has 1 aromatic heterocycles. The lowest BCUT2D eigenvalue weighted by atomic mass is 10.4. The fourth-order valence-corrected chi connectivity index (χ4v) is 2.53. The molecule has 0 saturated carbocycles. The minimum absolute atomic E-state index is 0.505. The van der Waals surface area contributed by atoms with Gasteiger partial charge in [-0.1, -0.05) is 11.6 Å². The summed E-state index contributed by atoms with van der Waals surface area (Å²) < 4.78 is 5.36. The Bertz CT molecular complexity index is 396. The highest BCUT2D eigenvalue weighted by Crippen LogP contribution is 2.21. The normalized spacial score (nSPS) is 20.7. The smallest absolute Gasteiger partial charge is 0.228 e. The Kier molecular flexibility index (Phi) is 4.00. The first-order valence-electron chi connectivity index (χ1n) is 6.66. The van der Waals surface area contributed by atoms with E-state index in [-0.39, 0.29) is 0 Å². The monoisotopic (exact) mass is 283 g/mol. The van der Waals surface area contributed by atoms with Gasteiger partial charge < -0.3 is 19.9 Å². The van der Waals surface area contributed by atoms with Crippen molar-refractivity contribution in [2.45, 2.75) is 0 Å². The van der Waals surface area contributed by atoms with Crippen molar-refractivity contribution in [3.8, 4) is 0 Å². The molecule has 0 radical (unpaired) electrons. The van der Waals surface area contributed by atoms with E-state index in [1.165, 1.54) is 0 Å². The number of anilines is 2. The van der Waals surface area contributed by atoms with E-state index in [0.717, 1.165) is 64.2 Å². The third-order valence-corrected chi connectivity index (χ3v) is 3.60. The van der Waals surface area contributed by atoms with E-state index in [9.17, 15) is 0 Å². The maximum absolute atomic E-state index is 6.14. The number of hydrogen-bond acceptors (Lipinski definition) is 6. The van der Waals surface area contributed by atoms with Gasteiger partial charge in [-0.2, -0.15) is 4.98 Å². The molecular formula is C12H18ClN5O. The van der Waals surface area contributed by atoms with Crippen LogP contribution in [0.4, 0.5) is 11.8 Å². The summed E-state index contributed by atoms with van der Waals surface area (Å²) in [6.07, 6.45) is 0. The van der Waals surface area contributed by atoms with Gasteiger partial charge in [0.25, 0.3) is 0 Å². The van der Waals surface area contributed by atoms with E-state index in [0.29, 0.717) is 5.15 Å². The van der Waals surface area contributed by atoms with Gasteiger partial charge in [0.05, 0.1) is 13.2 Å². The molecule has 0 unspecified atom stereocenters. The van der Waals surface area contributed by atoms with Crippen LogP contribution in [0.25, 0.3) is 0 Å². The maximum Gasteiger partial charge on any atom is 0.228 e. The van der Waals surface area contributed by atoms with Crippen LogP contribution in [0.15, 0.2) is 6.07 Å². The predicted octanol–water partition coefficient (Wildman–Crippen LogP) is 0.376. The van der Waals surface area contributed by atoms with Crippen molar-refractivity contribution in [3.05, 3.63) is 11.2 Å². The first kappa shape index (κ1) is 12.9. The summed E-state index contributed by atoms with van der Waals surface area (Å²) in [6.45, 7) is 6.95. The van der Waals surface area contributed by atoms with Gasteiger partial charge in [0.1, 0.15) is 11.0 Å². The van der Waals surface area contributed by atoms with Crippen LogP contribution in [0, 0.1) is 0 Å². The molecule has 104 valence electrons. The van der Waals surface area contributed by atoms with Gasteiger partial charge in [-0.15, -0.1) is 0 Å². The van der Waals surface area contributed by atoms with Crippen LogP contribution in [0.3, 0.4) is 0 Å². The number of hydrogen-bond donors (Lipinski definition) is 1. The van der Waals surface area contributed by atoms with Crippen LogP contribution in [-0.4, -0.2) is 62.5 Å². The molecule has 3 rings (SSSR count). The lowest BCUT2D eigenvalue weighted by molar-refractivity contribution is 0.122. The summed E-state index contributed by atoms with van der Waals surface area (Å²) in [5.41, 5.74) is 0. The van der Waals surface area contributed by atoms with E-state index >= 15 is 0 Å². The Labute approximate surface area is 117 Å². The molecule has 0 bridgehead atoms. The Balaban J connectivity index is 1.82. The van der Waals surface area contributed by atoms with E-state index in [1.807, 2.05) is 6.07 Å². The summed E-state index contributed by atoms with van der Waals surface area (Å²) in [4.78, 5) is 13.4. The molecule has 0 amide bonds. The lowest BCUT2D eigenvalue weighted by Crippen LogP contribution is -2.44. The number of morpholine rings is 1. The summed E-state index contributed by atoms with van der Waals surface area (Å²) in [6, 6.07) is 1.83. The largest absolute Gasteiger partial charge is 0.378 e. The Hall–Kier alpha value is -1.11. The molecule has 0 aromatic carbocycles. The van der Waals surface area contributed by atoms with Crippen molar-refractivity contribution in [1.29, 1.82) is 0 Å². The van der Waals surface area contributed by atoms with Gasteiger partial charge in [-0.25, -0.2) is 4.98 Å². The first-order valence-corrected chi connectivity index (χ1v) is 7.04. The van der Waals surface area contributed by atoms with Gasteiger partial charge in [0, 0.05) is 45.3 Å². The van der Waals surface area contributed by atoms with Crippen LogP contribution in [0.1, 0.15) is 0 Å². The molecule has 2 aliphatic rings. The molecule has 2 aliphatic heterocycles. The summed E-state index contributed by atoms with van der Waals surface area (Å²) in [7, 11) is 0. The fourth-order valence-electron chi connectivity index (χ4n) is 2.35. The van der Waals surface area contributed by atoms with Gasteiger partial charge in [-0.3, -0.25) is 0 Å². The van der Waals surface area contributed by atoms with Crippen LogP contribution in [0.2, 0.25) is 5.15 Å². The highest BCUT2D eigenvalue weighted by atomic mass is 35.5. The summed E-state index contributed by atoms with van der Waals surface area (Å²) in [5, 5.41) is 3.82. The molecule has 2 saturated heterocycles. The van der Waals surface area contributed by atoms with Crippen molar-refractivity contribution < 1.29 is 4.74 Å². The number of rotatable bonds is 2. The highest BCUT2D eigenvalue weighted by molar-refractivity contribution is 6.29. The second-order valence-electron chi connectivity index (χ2n) is 4.69. The number of halogens is 1. The van der Waals surface area contributed by atoms with Gasteiger partial charge in [0.2, 0.25) is 5.95 Å². The predicted molar refractivity (Wildman–Crippen MR) is 75.2 cm³/mol. The molecule has 19 heavy (non-hydrogen) atoms. The van der Waals surface area contributed by atoms with Crippen molar-refractivity contribution in [1.82, 2.24) is 15.3 Å². The third-order valence-electron chi connectivity index (χ3n) is 3.40. The molecule has 6 nitrogen and oxygen atoms in total. The average Bonchev–Trinajstić information content (AvgIpc) is 2.48. The topological polar surface area (TPSA) is 53.5 Å². The Morgan fingerprint density at radius 3 is 2.53 bits per heavy atom. The Morgan fingerprint density at radius 1 is 1.05 bits per heavy atom. The maximum atomic E-state index is 6.14. The van der Waals surface area contributed by atoms with E-state index in [4.69, 9.17) is 16.3 Å². The molecule has 3 heterocycles. The van der Waals surface area contributed by atoms with Crippen molar-refractivity contribution in [3.63, 3.8) is 0 Å². The van der Waals surface area contributed by atoms with Crippen molar-refractivity contribution in [2.75, 3.05) is 62.3 Å². The Morgan fingerprint density at radius 2 is 1.79 bits per heavy atom. The van der Waals surface area contributed by atoms with Crippen LogP contribution < -0.4 is 15.1 Å². The number of nitrogens with zero attached hydrogens (tertiary/aromatic N) is 4. The summed E-state index contributed by atoms with van der Waals surface area (Å²) >= 11 is 6.14. The number of nitrogens with one attached hydrogen (secondary N) is 1. The molecule has 2 fully saturated rings. The fraction of sp³-hybridized carbons (Fsp3) is 0.667. The highest BCUT2D eigenvalue weighted by Gasteiger charge is 2.18. The standard InChI is InChI=1S/C12H18ClN5O/c13-10-9-11(17-5-7-19-8-6-17)16-12(15-10)18-3-1-14-2-4-18/h9,14H,1-8H2. The second kappa shape index (κ2) is 5.90. The first-order chi connectivity index (χ1) is 9.33. The minimum atomic E-state index is 0.505. The second-order valence-corrected chi connectivity index (χ2v) is 5.07. The van der Waals surface area contributed by atoms with Gasteiger partial charge >= 0.3 is 0 Å². The molecule has 0 atom stereocenters. The van der Waals surface area contributed by atoms with Crippen molar-refractivity contribution in [2.24, 2.45) is 0 Å². The van der Waals surface area contributed by atoms with Crippen LogP contribution in [0.5, 0.6) is 0 Å². The molecular weight excluding hydrogens is 266 g/mol. The molecule has 7 heteroatoms. The van der Waals surface area contributed by atoms with E-state index < -0.39 is 0 Å². The molecule has 0 spiro atoms. The van der Waals surface area contributed by atoms with E-state index in [2.05, 4.69) is 25.1 Å². The number of ether oxygens (including phenoxy) is 1.